The molecule has 9 rings (SSSR count). The number of pyridine rings is 1. The van der Waals surface area contributed by atoms with Crippen molar-refractivity contribution in [1.82, 2.24) is 29.9 Å². The molecule has 4 fully saturated rings. The summed E-state index contributed by atoms with van der Waals surface area (Å²) in [6, 6.07) is 8.07. The zero-order valence-corrected chi connectivity index (χ0v) is 34.9. The third kappa shape index (κ3) is 7.22. The van der Waals surface area contributed by atoms with Crippen molar-refractivity contribution in [3.63, 3.8) is 0 Å². The van der Waals surface area contributed by atoms with E-state index in [0.29, 0.717) is 43.4 Å². The molecule has 316 valence electrons. The summed E-state index contributed by atoms with van der Waals surface area (Å²) in [5.74, 6) is -0.542. The molecule has 1 atom stereocenters. The van der Waals surface area contributed by atoms with E-state index >= 15 is 0 Å². The largest absolute Gasteiger partial charge is 0.496 e. The lowest BCUT2D eigenvalue weighted by Gasteiger charge is -2.70. The molecular weight excluding hydrogens is 767 g/mol. The van der Waals surface area contributed by atoms with Crippen molar-refractivity contribution in [3.05, 3.63) is 80.9 Å². The number of benzene rings is 2. The number of unbranched alkanes of at least 4 members (excludes halogenated alkanes) is 2. The number of carbonyl (C=O) groups is 5. The molecular formula is C45H53N7O8. The maximum absolute atomic E-state index is 13.3. The maximum atomic E-state index is 13.3. The van der Waals surface area contributed by atoms with E-state index in [2.05, 4.69) is 27.9 Å². The Morgan fingerprint density at radius 1 is 0.950 bits per heavy atom. The van der Waals surface area contributed by atoms with Crippen molar-refractivity contribution >= 4 is 41.3 Å². The second kappa shape index (κ2) is 15.9. The van der Waals surface area contributed by atoms with E-state index in [1.807, 2.05) is 42.6 Å². The number of rotatable bonds is 16. The van der Waals surface area contributed by atoms with Gasteiger partial charge in [0.1, 0.15) is 17.5 Å². The number of aryl methyl sites for hydroxylation is 1. The van der Waals surface area contributed by atoms with E-state index in [9.17, 15) is 28.8 Å². The first-order chi connectivity index (χ1) is 28.8. The molecule has 4 heterocycles. The number of imide groups is 2. The summed E-state index contributed by atoms with van der Waals surface area (Å²) in [6.45, 7) is 3.17. The highest BCUT2D eigenvalue weighted by atomic mass is 16.5. The summed E-state index contributed by atoms with van der Waals surface area (Å²) in [5.41, 5.74) is 5.33. The van der Waals surface area contributed by atoms with Crippen molar-refractivity contribution < 1.29 is 33.4 Å². The van der Waals surface area contributed by atoms with Gasteiger partial charge in [0.25, 0.3) is 17.4 Å². The summed E-state index contributed by atoms with van der Waals surface area (Å²) in [6.07, 6.45) is 11.1. The normalized spacial score (nSPS) is 22.5. The van der Waals surface area contributed by atoms with Crippen LogP contribution in [0.4, 0.5) is 5.69 Å². The van der Waals surface area contributed by atoms with E-state index in [4.69, 9.17) is 9.47 Å². The van der Waals surface area contributed by atoms with Crippen LogP contribution in [0.25, 0.3) is 17.2 Å². The Balaban J connectivity index is 0.787. The number of nitrogens with one attached hydrogen (secondary N) is 3. The van der Waals surface area contributed by atoms with Crippen LogP contribution in [0, 0.1) is 10.8 Å². The van der Waals surface area contributed by atoms with Crippen LogP contribution in [0.2, 0.25) is 0 Å². The average Bonchev–Trinajstić information content (AvgIpc) is 3.45. The van der Waals surface area contributed by atoms with Gasteiger partial charge >= 0.3 is 0 Å². The van der Waals surface area contributed by atoms with Crippen molar-refractivity contribution in [2.75, 3.05) is 53.3 Å². The fourth-order valence-electron chi connectivity index (χ4n) is 10.2. The number of carbonyl (C=O) groups excluding carboxylic acids is 5. The van der Waals surface area contributed by atoms with Crippen molar-refractivity contribution in [1.29, 1.82) is 0 Å². The lowest BCUT2D eigenvalue weighted by Crippen LogP contribution is -2.70. The van der Waals surface area contributed by atoms with E-state index in [-0.39, 0.29) is 46.3 Å². The standard InChI is InChI=1S/C45H53N7O8/c1-49-17-14-28-30(22-51(3)40(55)31(28)20-49)27-18-35(59-4)32(36(19-27)60-5)21-50(2)26-44-23-45(24-44,25-44)43(58)47-16-8-6-7-15-46-33-11-9-10-29-38(33)42(57)52(41(29)56)34-12-13-37(53)48-39(34)54/h9-11,14,17-19,22,34,46H,6-8,12-13,15-16,20-21,23-26H2,1-5H3,(H,47,58)(H,48,53,54). The van der Waals surface area contributed by atoms with Gasteiger partial charge in [-0.3, -0.25) is 39.0 Å². The molecule has 0 spiro atoms. The van der Waals surface area contributed by atoms with Crippen LogP contribution in [0.1, 0.15) is 88.8 Å². The minimum atomic E-state index is -1.01. The molecule has 2 aromatic carbocycles. The van der Waals surface area contributed by atoms with Gasteiger partial charge in [-0.25, -0.2) is 0 Å². The van der Waals surface area contributed by atoms with Gasteiger partial charge in [0.2, 0.25) is 17.7 Å². The predicted molar refractivity (Wildman–Crippen MR) is 224 cm³/mol. The Hall–Kier alpha value is -5.96. The van der Waals surface area contributed by atoms with Crippen molar-refractivity contribution in [2.24, 2.45) is 17.9 Å². The molecule has 15 nitrogen and oxygen atoms in total. The third-order valence-electron chi connectivity index (χ3n) is 12.9. The highest BCUT2D eigenvalue weighted by Crippen LogP contribution is 2.73. The Morgan fingerprint density at radius 2 is 1.67 bits per heavy atom. The highest BCUT2D eigenvalue weighted by molar-refractivity contribution is 6.25. The molecule has 5 amide bonds. The van der Waals surface area contributed by atoms with E-state index < -0.39 is 29.7 Å². The number of ether oxygens (including phenoxy) is 2. The number of aromatic nitrogens is 1. The Morgan fingerprint density at radius 3 is 2.37 bits per heavy atom. The number of nitrogens with zero attached hydrogens (tertiary/aromatic N) is 4. The Kier molecular flexibility index (Phi) is 10.8. The molecule has 2 bridgehead atoms. The summed E-state index contributed by atoms with van der Waals surface area (Å²) < 4.78 is 13.5. The van der Waals surface area contributed by atoms with Crippen LogP contribution in [0.15, 0.2) is 47.5 Å². The van der Waals surface area contributed by atoms with Crippen LogP contribution in [0.5, 0.6) is 11.5 Å². The van der Waals surface area contributed by atoms with Gasteiger partial charge in [-0.1, -0.05) is 6.07 Å². The second-order valence-corrected chi connectivity index (χ2v) is 17.3. The fraction of sp³-hybridized carbons (Fsp3) is 0.467. The van der Waals surface area contributed by atoms with Crippen LogP contribution in [-0.4, -0.2) is 103 Å². The highest BCUT2D eigenvalue weighted by Gasteiger charge is 2.71. The summed E-state index contributed by atoms with van der Waals surface area (Å²) in [7, 11) is 9.16. The van der Waals surface area contributed by atoms with Crippen LogP contribution in [-0.2, 0) is 34.5 Å². The number of hydrogen-bond acceptors (Lipinski definition) is 11. The molecule has 1 unspecified atom stereocenters. The van der Waals surface area contributed by atoms with Crippen molar-refractivity contribution in [3.8, 4) is 22.6 Å². The predicted octanol–water partition coefficient (Wildman–Crippen LogP) is 3.89. The van der Waals surface area contributed by atoms with Gasteiger partial charge in [0.15, 0.2) is 0 Å². The zero-order valence-electron chi connectivity index (χ0n) is 34.9. The molecule has 6 aliphatic rings. The summed E-state index contributed by atoms with van der Waals surface area (Å²) >= 11 is 0. The first kappa shape index (κ1) is 40.8. The van der Waals surface area contributed by atoms with Crippen LogP contribution >= 0.6 is 0 Å². The number of amides is 5. The molecule has 3 saturated carbocycles. The molecule has 3 aliphatic carbocycles. The third-order valence-corrected chi connectivity index (χ3v) is 12.9. The number of hydrogen-bond donors (Lipinski definition) is 3. The molecule has 15 heteroatoms. The zero-order chi connectivity index (χ0) is 42.5. The molecule has 60 heavy (non-hydrogen) atoms. The molecule has 3 aromatic rings. The van der Waals surface area contributed by atoms with Gasteiger partial charge in [-0.15, -0.1) is 0 Å². The Labute approximate surface area is 349 Å². The minimum Gasteiger partial charge on any atom is -0.496 e. The van der Waals surface area contributed by atoms with E-state index in [1.54, 1.807) is 44.0 Å². The SMILES string of the molecule is COc1cc(-c2cn(C)c(=O)c3c2C=CN(C)C3)cc(OC)c1CN(C)CC12CC(C(=O)NCCCCCNc3cccc4c3C(=O)N(C3CCC(=O)NC3=O)C4=O)(C1)C2. The number of fused-ring (bicyclic) bond motifs is 2. The first-order valence-corrected chi connectivity index (χ1v) is 20.7. The maximum Gasteiger partial charge on any atom is 0.264 e. The van der Waals surface area contributed by atoms with E-state index in [0.717, 1.165) is 77.8 Å². The smallest absolute Gasteiger partial charge is 0.264 e. The molecule has 1 saturated heterocycles. The lowest BCUT2D eigenvalue weighted by molar-refractivity contribution is -0.213. The van der Waals surface area contributed by atoms with Crippen LogP contribution < -0.4 is 31.0 Å². The minimum absolute atomic E-state index is 0.00539. The number of methoxy groups -OCH3 is 2. The summed E-state index contributed by atoms with van der Waals surface area (Å²) in [5, 5.41) is 8.68. The lowest BCUT2D eigenvalue weighted by atomic mass is 9.34. The fourth-order valence-corrected chi connectivity index (χ4v) is 10.2. The van der Waals surface area contributed by atoms with Gasteiger partial charge in [0.05, 0.1) is 36.3 Å². The Bertz CT molecular complexity index is 2340. The molecule has 1 aromatic heterocycles. The van der Waals surface area contributed by atoms with E-state index in [1.165, 1.54) is 0 Å². The van der Waals surface area contributed by atoms with Gasteiger partial charge in [-0.05, 0) is 105 Å². The monoisotopic (exact) mass is 819 g/mol. The van der Waals surface area contributed by atoms with Gasteiger partial charge in [-0.2, -0.15) is 0 Å². The molecule has 3 aliphatic heterocycles. The molecule has 3 N–H and O–H groups in total. The summed E-state index contributed by atoms with van der Waals surface area (Å²) in [4.78, 5) is 82.0. The first-order valence-electron chi connectivity index (χ1n) is 20.7. The van der Waals surface area contributed by atoms with Crippen molar-refractivity contribution in [2.45, 2.75) is 70.5 Å². The topological polar surface area (TPSA) is 172 Å². The number of anilines is 1. The second-order valence-electron chi connectivity index (χ2n) is 17.3. The van der Waals surface area contributed by atoms with Gasteiger partial charge in [0, 0.05) is 76.3 Å². The van der Waals surface area contributed by atoms with Gasteiger partial charge < -0.3 is 34.5 Å². The molecule has 0 radical (unpaired) electrons. The quantitative estimate of drug-likeness (QED) is 0.142. The average molecular weight is 820 g/mol. The van der Waals surface area contributed by atoms with Crippen LogP contribution in [0.3, 0.4) is 0 Å². The number of piperidine rings is 1.